The number of hydrogen-bond acceptors (Lipinski definition) is 4. The third-order valence-electron chi connectivity index (χ3n) is 3.95. The minimum absolute atomic E-state index is 0.134. The Bertz CT molecular complexity index is 902. The highest BCUT2D eigenvalue weighted by Gasteiger charge is 2.19. The Labute approximate surface area is 144 Å². The zero-order valence-electron chi connectivity index (χ0n) is 13.5. The first kappa shape index (κ1) is 16.7. The Morgan fingerprint density at radius 1 is 1.08 bits per heavy atom. The number of aromatic nitrogens is 1. The van der Waals surface area contributed by atoms with Gasteiger partial charge in [0, 0.05) is 18.0 Å². The summed E-state index contributed by atoms with van der Waals surface area (Å²) in [7, 11) is 0. The lowest BCUT2D eigenvalue weighted by Gasteiger charge is -2.06. The molecule has 0 amide bonds. The number of carbonyl (C=O) groups excluding carboxylic acids is 1. The molecule has 1 atom stereocenters. The second-order valence-corrected chi connectivity index (χ2v) is 5.73. The van der Waals surface area contributed by atoms with Gasteiger partial charge in [-0.3, -0.25) is 9.36 Å². The fraction of sp³-hybridized carbons (Fsp3) is 0.158. The van der Waals surface area contributed by atoms with E-state index < -0.39 is 18.1 Å². The van der Waals surface area contributed by atoms with E-state index in [9.17, 15) is 9.59 Å². The SMILES string of the molecule is N[C@@H](Cc1cn(C(=O)OCc2ccccc2)c2ccccc12)C(=O)O. The Kier molecular flexibility index (Phi) is 4.81. The molecule has 0 aliphatic carbocycles. The monoisotopic (exact) mass is 338 g/mol. The van der Waals surface area contributed by atoms with Gasteiger partial charge in [-0.25, -0.2) is 4.79 Å². The van der Waals surface area contributed by atoms with Crippen LogP contribution >= 0.6 is 0 Å². The van der Waals surface area contributed by atoms with Crippen molar-refractivity contribution >= 4 is 23.0 Å². The van der Waals surface area contributed by atoms with Gasteiger partial charge in [0.2, 0.25) is 0 Å². The molecule has 0 aliphatic heterocycles. The van der Waals surface area contributed by atoms with Gasteiger partial charge in [-0.2, -0.15) is 0 Å². The first-order chi connectivity index (χ1) is 12.1. The highest BCUT2D eigenvalue weighted by molar-refractivity contribution is 5.92. The third-order valence-corrected chi connectivity index (χ3v) is 3.95. The van der Waals surface area contributed by atoms with Gasteiger partial charge in [0.25, 0.3) is 0 Å². The predicted molar refractivity (Wildman–Crippen MR) is 93.3 cm³/mol. The van der Waals surface area contributed by atoms with Crippen molar-refractivity contribution in [3.8, 4) is 0 Å². The molecule has 3 rings (SSSR count). The quantitative estimate of drug-likeness (QED) is 0.746. The van der Waals surface area contributed by atoms with Crippen molar-refractivity contribution in [1.29, 1.82) is 0 Å². The van der Waals surface area contributed by atoms with Gasteiger partial charge in [-0.15, -0.1) is 0 Å². The van der Waals surface area contributed by atoms with Crippen molar-refractivity contribution in [3.63, 3.8) is 0 Å². The summed E-state index contributed by atoms with van der Waals surface area (Å²) in [4.78, 5) is 23.5. The van der Waals surface area contributed by atoms with Gasteiger partial charge in [0.05, 0.1) is 5.52 Å². The smallest absolute Gasteiger partial charge is 0.418 e. The molecule has 1 aromatic heterocycles. The van der Waals surface area contributed by atoms with Crippen LogP contribution < -0.4 is 5.73 Å². The fourth-order valence-electron chi connectivity index (χ4n) is 2.68. The average Bonchev–Trinajstić information content (AvgIpc) is 2.99. The van der Waals surface area contributed by atoms with E-state index >= 15 is 0 Å². The summed E-state index contributed by atoms with van der Waals surface area (Å²) < 4.78 is 6.76. The predicted octanol–water partition coefficient (Wildman–Crippen LogP) is 2.78. The molecule has 6 nitrogen and oxygen atoms in total. The first-order valence-corrected chi connectivity index (χ1v) is 7.84. The second-order valence-electron chi connectivity index (χ2n) is 5.73. The van der Waals surface area contributed by atoms with E-state index in [0.717, 1.165) is 10.9 Å². The zero-order valence-corrected chi connectivity index (χ0v) is 13.5. The minimum atomic E-state index is -1.08. The van der Waals surface area contributed by atoms with Crippen molar-refractivity contribution in [3.05, 3.63) is 71.9 Å². The number of aliphatic carboxylic acids is 1. The van der Waals surface area contributed by atoms with E-state index in [-0.39, 0.29) is 13.0 Å². The minimum Gasteiger partial charge on any atom is -0.480 e. The number of carboxylic acid groups (broad SMARTS) is 1. The van der Waals surface area contributed by atoms with Crippen LogP contribution in [0.5, 0.6) is 0 Å². The number of para-hydroxylation sites is 1. The summed E-state index contributed by atoms with van der Waals surface area (Å²) in [6.07, 6.45) is 1.21. The van der Waals surface area contributed by atoms with Gasteiger partial charge < -0.3 is 15.6 Å². The molecular weight excluding hydrogens is 320 g/mol. The number of carboxylic acids is 1. The molecule has 0 spiro atoms. The van der Waals surface area contributed by atoms with Gasteiger partial charge in [-0.1, -0.05) is 48.5 Å². The number of rotatable bonds is 5. The van der Waals surface area contributed by atoms with Crippen LogP contribution in [0.25, 0.3) is 10.9 Å². The summed E-state index contributed by atoms with van der Waals surface area (Å²) in [5.41, 5.74) is 7.88. The number of ether oxygens (including phenoxy) is 1. The summed E-state index contributed by atoms with van der Waals surface area (Å²) in [5, 5.41) is 9.81. The molecule has 0 radical (unpaired) electrons. The molecular formula is C19H18N2O4. The number of benzene rings is 2. The Morgan fingerprint density at radius 3 is 2.48 bits per heavy atom. The van der Waals surface area contributed by atoms with Crippen molar-refractivity contribution in [2.75, 3.05) is 0 Å². The van der Waals surface area contributed by atoms with E-state index in [1.165, 1.54) is 4.57 Å². The molecule has 6 heteroatoms. The van der Waals surface area contributed by atoms with E-state index in [2.05, 4.69) is 0 Å². The molecule has 0 fully saturated rings. The third kappa shape index (κ3) is 3.70. The summed E-state index contributed by atoms with van der Waals surface area (Å²) in [6.45, 7) is 0.163. The summed E-state index contributed by atoms with van der Waals surface area (Å²) in [6, 6.07) is 15.6. The highest BCUT2D eigenvalue weighted by atomic mass is 16.5. The summed E-state index contributed by atoms with van der Waals surface area (Å²) >= 11 is 0. The largest absolute Gasteiger partial charge is 0.480 e. The molecule has 0 bridgehead atoms. The maximum atomic E-state index is 12.5. The van der Waals surface area contributed by atoms with E-state index in [1.807, 2.05) is 48.5 Å². The second kappa shape index (κ2) is 7.19. The van der Waals surface area contributed by atoms with Crippen molar-refractivity contribution < 1.29 is 19.4 Å². The molecule has 3 N–H and O–H groups in total. The molecule has 1 heterocycles. The number of fused-ring (bicyclic) bond motifs is 1. The number of carbonyl (C=O) groups is 2. The van der Waals surface area contributed by atoms with Gasteiger partial charge in [-0.05, 0) is 17.2 Å². The molecule has 0 aliphatic rings. The Morgan fingerprint density at radius 2 is 1.76 bits per heavy atom. The zero-order chi connectivity index (χ0) is 17.8. The van der Waals surface area contributed by atoms with Crippen LogP contribution in [0.3, 0.4) is 0 Å². The molecule has 25 heavy (non-hydrogen) atoms. The van der Waals surface area contributed by atoms with Crippen LogP contribution in [-0.2, 0) is 22.6 Å². The molecule has 128 valence electrons. The van der Waals surface area contributed by atoms with Crippen LogP contribution in [0.2, 0.25) is 0 Å². The van der Waals surface area contributed by atoms with E-state index in [0.29, 0.717) is 11.1 Å². The van der Waals surface area contributed by atoms with E-state index in [1.54, 1.807) is 12.3 Å². The lowest BCUT2D eigenvalue weighted by molar-refractivity contribution is -0.138. The van der Waals surface area contributed by atoms with Gasteiger partial charge in [0.15, 0.2) is 0 Å². The standard InChI is InChI=1S/C19H18N2O4/c20-16(18(22)23)10-14-11-21(17-9-5-4-8-15(14)17)19(24)25-12-13-6-2-1-3-7-13/h1-9,11,16H,10,12,20H2,(H,22,23)/t16-/m0/s1. The average molecular weight is 338 g/mol. The van der Waals surface area contributed by atoms with Crippen molar-refractivity contribution in [2.45, 2.75) is 19.1 Å². The number of nitrogens with two attached hydrogens (primary N) is 1. The maximum absolute atomic E-state index is 12.5. The van der Waals surface area contributed by atoms with Gasteiger partial charge in [0.1, 0.15) is 12.6 Å². The van der Waals surface area contributed by atoms with Crippen LogP contribution in [0.15, 0.2) is 60.8 Å². The molecule has 2 aromatic carbocycles. The lowest BCUT2D eigenvalue weighted by Crippen LogP contribution is -2.32. The molecule has 0 saturated heterocycles. The fourth-order valence-corrected chi connectivity index (χ4v) is 2.68. The highest BCUT2D eigenvalue weighted by Crippen LogP contribution is 2.23. The Balaban J connectivity index is 1.85. The normalized spacial score (nSPS) is 12.0. The van der Waals surface area contributed by atoms with Crippen LogP contribution in [-0.4, -0.2) is 27.8 Å². The Hall–Kier alpha value is -3.12. The summed E-state index contributed by atoms with van der Waals surface area (Å²) in [5.74, 6) is -1.08. The lowest BCUT2D eigenvalue weighted by atomic mass is 10.1. The van der Waals surface area contributed by atoms with Crippen LogP contribution in [0.4, 0.5) is 4.79 Å². The van der Waals surface area contributed by atoms with Crippen molar-refractivity contribution in [2.24, 2.45) is 5.73 Å². The molecule has 0 unspecified atom stereocenters. The molecule has 3 aromatic rings. The van der Waals surface area contributed by atoms with E-state index in [4.69, 9.17) is 15.6 Å². The van der Waals surface area contributed by atoms with Crippen LogP contribution in [0, 0.1) is 0 Å². The number of hydrogen-bond donors (Lipinski definition) is 2. The molecule has 0 saturated carbocycles. The van der Waals surface area contributed by atoms with Gasteiger partial charge >= 0.3 is 12.1 Å². The van der Waals surface area contributed by atoms with Crippen LogP contribution in [0.1, 0.15) is 11.1 Å². The maximum Gasteiger partial charge on any atom is 0.418 e. The number of nitrogens with zero attached hydrogens (tertiary/aromatic N) is 1. The van der Waals surface area contributed by atoms with Crippen molar-refractivity contribution in [1.82, 2.24) is 4.57 Å². The first-order valence-electron chi connectivity index (χ1n) is 7.84. The topological polar surface area (TPSA) is 94.5 Å².